The molecule has 96 valence electrons. The lowest BCUT2D eigenvalue weighted by molar-refractivity contribution is -0.121. The first kappa shape index (κ1) is 15.9. The van der Waals surface area contributed by atoms with Crippen LogP contribution in [0.2, 0.25) is 0 Å². The summed E-state index contributed by atoms with van der Waals surface area (Å²) in [5.74, 6) is 0.0916. The van der Waals surface area contributed by atoms with Gasteiger partial charge in [-0.3, -0.25) is 4.79 Å². The van der Waals surface area contributed by atoms with Crippen LogP contribution in [-0.2, 0) is 11.2 Å². The summed E-state index contributed by atoms with van der Waals surface area (Å²) in [5.41, 5.74) is 6.71. The molecular formula is C13H21ClN2O. The zero-order valence-electron chi connectivity index (χ0n) is 10.2. The molecule has 0 heterocycles. The van der Waals surface area contributed by atoms with Gasteiger partial charge in [0.05, 0.1) is 0 Å². The fourth-order valence-corrected chi connectivity index (χ4v) is 1.50. The lowest BCUT2D eigenvalue weighted by atomic mass is 10.1. The number of aryl methyl sites for hydroxylation is 1. The van der Waals surface area contributed by atoms with Gasteiger partial charge in [0, 0.05) is 19.0 Å². The van der Waals surface area contributed by atoms with Gasteiger partial charge in [0.1, 0.15) is 0 Å². The molecule has 3 N–H and O–H groups in total. The number of rotatable bonds is 6. The van der Waals surface area contributed by atoms with Crippen LogP contribution in [0.15, 0.2) is 30.3 Å². The highest BCUT2D eigenvalue weighted by molar-refractivity contribution is 5.85. The molecule has 17 heavy (non-hydrogen) atoms. The molecule has 4 heteroatoms. The second kappa shape index (κ2) is 9.02. The van der Waals surface area contributed by atoms with Gasteiger partial charge in [-0.2, -0.15) is 0 Å². The minimum Gasteiger partial charge on any atom is -0.352 e. The molecule has 0 bridgehead atoms. The Morgan fingerprint density at radius 1 is 1.35 bits per heavy atom. The highest BCUT2D eigenvalue weighted by Gasteiger charge is 2.04. The van der Waals surface area contributed by atoms with Crippen LogP contribution < -0.4 is 11.1 Å². The predicted molar refractivity (Wildman–Crippen MR) is 73.3 cm³/mol. The summed E-state index contributed by atoms with van der Waals surface area (Å²) in [5, 5.41) is 2.85. The van der Waals surface area contributed by atoms with Crippen molar-refractivity contribution in [3.05, 3.63) is 35.9 Å². The average Bonchev–Trinajstić information content (AvgIpc) is 2.30. The van der Waals surface area contributed by atoms with Crippen molar-refractivity contribution in [1.29, 1.82) is 0 Å². The summed E-state index contributed by atoms with van der Waals surface area (Å²) in [4.78, 5) is 11.4. The molecule has 1 atom stereocenters. The molecule has 0 fully saturated rings. The summed E-state index contributed by atoms with van der Waals surface area (Å²) in [6.45, 7) is 2.40. The number of carbonyl (C=O) groups is 1. The van der Waals surface area contributed by atoms with E-state index in [2.05, 4.69) is 17.4 Å². The maximum absolute atomic E-state index is 11.4. The molecule has 0 aliphatic carbocycles. The summed E-state index contributed by atoms with van der Waals surface area (Å²) >= 11 is 0. The van der Waals surface area contributed by atoms with Crippen molar-refractivity contribution in [2.75, 3.05) is 6.54 Å². The molecule has 3 nitrogen and oxygen atoms in total. The molecule has 0 aliphatic rings. The number of benzene rings is 1. The van der Waals surface area contributed by atoms with Crippen LogP contribution in [0.5, 0.6) is 0 Å². The fraction of sp³-hybridized carbons (Fsp3) is 0.462. The van der Waals surface area contributed by atoms with Crippen LogP contribution in [0, 0.1) is 0 Å². The highest BCUT2D eigenvalue weighted by atomic mass is 35.5. The van der Waals surface area contributed by atoms with Crippen LogP contribution in [0.4, 0.5) is 0 Å². The molecule has 0 aliphatic heterocycles. The smallest absolute Gasteiger partial charge is 0.220 e. The Bertz CT molecular complexity index is 316. The summed E-state index contributed by atoms with van der Waals surface area (Å²) in [6.07, 6.45) is 2.40. The Morgan fingerprint density at radius 2 is 2.00 bits per heavy atom. The Morgan fingerprint density at radius 3 is 2.59 bits per heavy atom. The van der Waals surface area contributed by atoms with Gasteiger partial charge in [-0.05, 0) is 25.3 Å². The van der Waals surface area contributed by atoms with Gasteiger partial charge in [-0.1, -0.05) is 30.3 Å². The Balaban J connectivity index is 0.00000256. The maximum Gasteiger partial charge on any atom is 0.220 e. The highest BCUT2D eigenvalue weighted by Crippen LogP contribution is 2.04. The Kier molecular flexibility index (Phi) is 8.46. The number of amides is 1. The number of hydrogen-bond donors (Lipinski definition) is 2. The van der Waals surface area contributed by atoms with E-state index >= 15 is 0 Å². The van der Waals surface area contributed by atoms with Gasteiger partial charge in [0.25, 0.3) is 0 Å². The van der Waals surface area contributed by atoms with Gasteiger partial charge < -0.3 is 11.1 Å². The number of carbonyl (C=O) groups excluding carboxylic acids is 1. The van der Waals surface area contributed by atoms with Crippen molar-refractivity contribution in [3.63, 3.8) is 0 Å². The zero-order valence-corrected chi connectivity index (χ0v) is 11.0. The standard InChI is InChI=1S/C13H20N2O.ClH/c1-11(10-14)15-13(16)9-5-8-12-6-3-2-4-7-12;/h2-4,6-7,11H,5,8-10,14H2,1H3,(H,15,16);1H/t11-;/m0./s1. The van der Waals surface area contributed by atoms with Crippen LogP contribution in [0.25, 0.3) is 0 Å². The molecule has 1 amide bonds. The molecule has 0 saturated carbocycles. The van der Waals surface area contributed by atoms with Crippen molar-refractivity contribution in [2.45, 2.75) is 32.2 Å². The van der Waals surface area contributed by atoms with E-state index in [-0.39, 0.29) is 24.4 Å². The monoisotopic (exact) mass is 256 g/mol. The number of halogens is 1. The van der Waals surface area contributed by atoms with Crippen molar-refractivity contribution in [3.8, 4) is 0 Å². The van der Waals surface area contributed by atoms with Gasteiger partial charge >= 0.3 is 0 Å². The molecule has 0 saturated heterocycles. The first-order chi connectivity index (χ1) is 7.72. The minimum absolute atomic E-state index is 0. The van der Waals surface area contributed by atoms with E-state index in [1.165, 1.54) is 5.56 Å². The zero-order chi connectivity index (χ0) is 11.8. The second-order valence-corrected chi connectivity index (χ2v) is 4.04. The van der Waals surface area contributed by atoms with E-state index < -0.39 is 0 Å². The molecule has 0 spiro atoms. The summed E-state index contributed by atoms with van der Waals surface area (Å²) in [7, 11) is 0. The van der Waals surface area contributed by atoms with Crippen LogP contribution in [-0.4, -0.2) is 18.5 Å². The van der Waals surface area contributed by atoms with Crippen molar-refractivity contribution in [1.82, 2.24) is 5.32 Å². The van der Waals surface area contributed by atoms with Gasteiger partial charge in [0.15, 0.2) is 0 Å². The lowest BCUT2D eigenvalue weighted by Crippen LogP contribution is -2.37. The van der Waals surface area contributed by atoms with Gasteiger partial charge in [-0.15, -0.1) is 12.4 Å². The van der Waals surface area contributed by atoms with Crippen molar-refractivity contribution < 1.29 is 4.79 Å². The van der Waals surface area contributed by atoms with Crippen molar-refractivity contribution in [2.24, 2.45) is 5.73 Å². The van der Waals surface area contributed by atoms with Crippen molar-refractivity contribution >= 4 is 18.3 Å². The Labute approximate surface area is 109 Å². The lowest BCUT2D eigenvalue weighted by Gasteiger charge is -2.10. The van der Waals surface area contributed by atoms with E-state index in [0.717, 1.165) is 12.8 Å². The second-order valence-electron chi connectivity index (χ2n) is 4.04. The first-order valence-corrected chi connectivity index (χ1v) is 5.75. The maximum atomic E-state index is 11.4. The summed E-state index contributed by atoms with van der Waals surface area (Å²) < 4.78 is 0. The molecule has 1 aromatic carbocycles. The molecular weight excluding hydrogens is 236 g/mol. The largest absolute Gasteiger partial charge is 0.352 e. The van der Waals surface area contributed by atoms with E-state index in [1.54, 1.807) is 0 Å². The molecule has 1 rings (SSSR count). The third-order valence-corrected chi connectivity index (χ3v) is 2.47. The number of hydrogen-bond acceptors (Lipinski definition) is 2. The predicted octanol–water partition coefficient (Wildman–Crippen LogP) is 1.89. The minimum atomic E-state index is 0. The molecule has 0 radical (unpaired) electrons. The third kappa shape index (κ3) is 6.97. The first-order valence-electron chi connectivity index (χ1n) is 5.75. The quantitative estimate of drug-likeness (QED) is 0.817. The van der Waals surface area contributed by atoms with Crippen LogP contribution >= 0.6 is 12.4 Å². The molecule has 0 unspecified atom stereocenters. The van der Waals surface area contributed by atoms with Gasteiger partial charge in [0.2, 0.25) is 5.91 Å². The SMILES string of the molecule is C[C@@H](CN)NC(=O)CCCc1ccccc1.Cl. The number of nitrogens with one attached hydrogen (secondary N) is 1. The van der Waals surface area contributed by atoms with E-state index in [1.807, 2.05) is 25.1 Å². The summed E-state index contributed by atoms with van der Waals surface area (Å²) in [6, 6.07) is 10.3. The third-order valence-electron chi connectivity index (χ3n) is 2.47. The normalized spacial score (nSPS) is 11.4. The van der Waals surface area contributed by atoms with E-state index in [4.69, 9.17) is 5.73 Å². The van der Waals surface area contributed by atoms with Gasteiger partial charge in [-0.25, -0.2) is 0 Å². The van der Waals surface area contributed by atoms with E-state index in [9.17, 15) is 4.79 Å². The number of nitrogens with two attached hydrogens (primary N) is 1. The molecule has 0 aromatic heterocycles. The van der Waals surface area contributed by atoms with Crippen LogP contribution in [0.3, 0.4) is 0 Å². The average molecular weight is 257 g/mol. The molecule has 1 aromatic rings. The fourth-order valence-electron chi connectivity index (χ4n) is 1.50. The van der Waals surface area contributed by atoms with Crippen LogP contribution in [0.1, 0.15) is 25.3 Å². The topological polar surface area (TPSA) is 55.1 Å². The Hall–Kier alpha value is -1.06. The van der Waals surface area contributed by atoms with E-state index in [0.29, 0.717) is 13.0 Å².